The quantitative estimate of drug-likeness (QED) is 0.297. The van der Waals surface area contributed by atoms with E-state index in [0.29, 0.717) is 25.6 Å². The summed E-state index contributed by atoms with van der Waals surface area (Å²) in [6.45, 7) is 24.0. The number of nitrogens with one attached hydrogen (secondary N) is 3. The number of nitrogens with zero attached hydrogens (tertiary/aromatic N) is 1. The maximum atomic E-state index is 12.8. The van der Waals surface area contributed by atoms with Crippen LogP contribution in [0, 0.1) is 21.7 Å². The van der Waals surface area contributed by atoms with Crippen molar-refractivity contribution < 1.29 is 14.4 Å². The van der Waals surface area contributed by atoms with Crippen LogP contribution < -0.4 is 16.0 Å². The minimum atomic E-state index is -0.178. The highest BCUT2D eigenvalue weighted by atomic mass is 16.7. The van der Waals surface area contributed by atoms with Gasteiger partial charge in [-0.2, -0.15) is 5.06 Å². The predicted molar refractivity (Wildman–Crippen MR) is 138 cm³/mol. The number of amides is 2. The summed E-state index contributed by atoms with van der Waals surface area (Å²) in [6.07, 6.45) is 2.30. The Bertz CT molecular complexity index is 611. The molecule has 0 bridgehead atoms. The second kappa shape index (κ2) is 13.1. The van der Waals surface area contributed by atoms with E-state index >= 15 is 0 Å². The van der Waals surface area contributed by atoms with E-state index < -0.39 is 0 Å². The summed E-state index contributed by atoms with van der Waals surface area (Å²) in [6, 6.07) is 0.471. The van der Waals surface area contributed by atoms with E-state index in [0.717, 1.165) is 19.4 Å². The predicted octanol–water partition coefficient (Wildman–Crippen LogP) is 3.99. The van der Waals surface area contributed by atoms with Gasteiger partial charge < -0.3 is 16.0 Å². The number of hydroxylamine groups is 2. The molecular formula is C26H54N4O3. The van der Waals surface area contributed by atoms with E-state index in [1.807, 2.05) is 0 Å². The van der Waals surface area contributed by atoms with Gasteiger partial charge >= 0.3 is 0 Å². The smallest absolute Gasteiger partial charge is 0.248 e. The van der Waals surface area contributed by atoms with Gasteiger partial charge in [-0.1, -0.05) is 69.2 Å². The van der Waals surface area contributed by atoms with E-state index in [1.165, 1.54) is 5.06 Å². The molecule has 0 saturated heterocycles. The van der Waals surface area contributed by atoms with Crippen molar-refractivity contribution in [3.63, 3.8) is 0 Å². The van der Waals surface area contributed by atoms with Crippen molar-refractivity contribution in [2.24, 2.45) is 21.7 Å². The topological polar surface area (TPSA) is 82.7 Å². The Morgan fingerprint density at radius 2 is 1.15 bits per heavy atom. The van der Waals surface area contributed by atoms with E-state index in [9.17, 15) is 9.59 Å². The van der Waals surface area contributed by atoms with Gasteiger partial charge in [0.15, 0.2) is 0 Å². The fourth-order valence-electron chi connectivity index (χ4n) is 4.73. The molecule has 0 aliphatic heterocycles. The second-order valence-corrected chi connectivity index (χ2v) is 13.4. The van der Waals surface area contributed by atoms with Crippen molar-refractivity contribution in [3.8, 4) is 0 Å². The first-order valence-corrected chi connectivity index (χ1v) is 12.3. The van der Waals surface area contributed by atoms with Gasteiger partial charge in [-0.25, -0.2) is 0 Å². The lowest BCUT2D eigenvalue weighted by Gasteiger charge is -2.37. The Hall–Kier alpha value is -1.18. The molecule has 0 aliphatic carbocycles. The zero-order chi connectivity index (χ0) is 26.1. The summed E-state index contributed by atoms with van der Waals surface area (Å²) in [5.74, 6) is -0.0496. The molecule has 3 N–H and O–H groups in total. The molecule has 7 heteroatoms. The van der Waals surface area contributed by atoms with Crippen LogP contribution in [0.3, 0.4) is 0 Å². The van der Waals surface area contributed by atoms with Crippen LogP contribution in [0.2, 0.25) is 0 Å². The van der Waals surface area contributed by atoms with Crippen molar-refractivity contribution >= 4 is 11.8 Å². The number of carbonyl (C=O) groups excluding carboxylic acids is 2. The highest BCUT2D eigenvalue weighted by Crippen LogP contribution is 2.36. The number of hydrogen-bond acceptors (Lipinski definition) is 5. The summed E-state index contributed by atoms with van der Waals surface area (Å²) in [4.78, 5) is 29.9. The van der Waals surface area contributed by atoms with Crippen LogP contribution in [-0.4, -0.2) is 63.3 Å². The molecule has 0 aromatic heterocycles. The molecule has 33 heavy (non-hydrogen) atoms. The van der Waals surface area contributed by atoms with Crippen LogP contribution in [-0.2, 0) is 14.4 Å². The van der Waals surface area contributed by atoms with E-state index in [2.05, 4.69) is 85.2 Å². The molecule has 196 valence electrons. The standard InChI is InChI=1S/C26H54N4O3/c1-20(2)27-17-25(7,8)16-26(9,10)18-28-21(31)13-23(3,4)15-24(5,6)19-29-22(32)14-33-30(11)12/h20,27H,13-19H2,1-12H3,(H,28,31)(H,29,32). The summed E-state index contributed by atoms with van der Waals surface area (Å²) in [7, 11) is 3.49. The van der Waals surface area contributed by atoms with Crippen LogP contribution in [0.5, 0.6) is 0 Å². The Labute approximate surface area is 204 Å². The normalized spacial score (nSPS) is 13.5. The highest BCUT2D eigenvalue weighted by Gasteiger charge is 2.33. The molecule has 0 heterocycles. The maximum absolute atomic E-state index is 12.8. The molecule has 0 spiro atoms. The maximum Gasteiger partial charge on any atom is 0.248 e. The zero-order valence-electron chi connectivity index (χ0n) is 23.7. The van der Waals surface area contributed by atoms with Gasteiger partial charge in [-0.3, -0.25) is 14.4 Å². The minimum absolute atomic E-state index is 0.00893. The second-order valence-electron chi connectivity index (χ2n) is 13.4. The van der Waals surface area contributed by atoms with Gasteiger partial charge in [0, 0.05) is 46.2 Å². The molecule has 0 aromatic rings. The van der Waals surface area contributed by atoms with Crippen LogP contribution in [0.25, 0.3) is 0 Å². The first-order valence-electron chi connectivity index (χ1n) is 12.3. The van der Waals surface area contributed by atoms with Crippen molar-refractivity contribution in [2.45, 2.75) is 94.5 Å². The summed E-state index contributed by atoms with van der Waals surface area (Å²) < 4.78 is 0. The zero-order valence-corrected chi connectivity index (χ0v) is 23.7. The minimum Gasteiger partial charge on any atom is -0.356 e. The van der Waals surface area contributed by atoms with Gasteiger partial charge in [0.2, 0.25) is 11.8 Å². The lowest BCUT2D eigenvalue weighted by molar-refractivity contribution is -0.151. The molecule has 0 unspecified atom stereocenters. The van der Waals surface area contributed by atoms with Crippen molar-refractivity contribution in [1.29, 1.82) is 0 Å². The highest BCUT2D eigenvalue weighted by molar-refractivity contribution is 5.77. The molecule has 0 aromatic carbocycles. The van der Waals surface area contributed by atoms with Gasteiger partial charge in [-0.05, 0) is 34.5 Å². The number of carbonyl (C=O) groups is 2. The molecule has 0 fully saturated rings. The van der Waals surface area contributed by atoms with Gasteiger partial charge in [-0.15, -0.1) is 0 Å². The monoisotopic (exact) mass is 470 g/mol. The summed E-state index contributed by atoms with van der Waals surface area (Å²) in [5.41, 5.74) is -0.142. The lowest BCUT2D eigenvalue weighted by Crippen LogP contribution is -2.42. The number of rotatable bonds is 16. The summed E-state index contributed by atoms with van der Waals surface area (Å²) in [5, 5.41) is 11.2. The molecule has 0 atom stereocenters. The molecule has 0 saturated carbocycles. The van der Waals surface area contributed by atoms with Gasteiger partial charge in [0.25, 0.3) is 0 Å². The average Bonchev–Trinajstić information content (AvgIpc) is 2.59. The molecule has 0 radical (unpaired) electrons. The van der Waals surface area contributed by atoms with Crippen LogP contribution >= 0.6 is 0 Å². The molecule has 0 aliphatic rings. The molecule has 7 nitrogen and oxygen atoms in total. The number of hydrogen-bond donors (Lipinski definition) is 3. The third kappa shape index (κ3) is 17.0. The summed E-state index contributed by atoms with van der Waals surface area (Å²) >= 11 is 0. The van der Waals surface area contributed by atoms with Crippen molar-refractivity contribution in [1.82, 2.24) is 21.0 Å². The molecular weight excluding hydrogens is 416 g/mol. The molecule has 0 rings (SSSR count). The third-order valence-corrected chi connectivity index (χ3v) is 5.52. The first-order chi connectivity index (χ1) is 14.7. The van der Waals surface area contributed by atoms with Gasteiger partial charge in [0.05, 0.1) is 0 Å². The van der Waals surface area contributed by atoms with E-state index in [4.69, 9.17) is 4.84 Å². The SMILES string of the molecule is CC(C)NCC(C)(C)CC(C)(C)CNC(=O)CC(C)(C)CC(C)(C)CNC(=O)CON(C)C. The Morgan fingerprint density at radius 3 is 1.61 bits per heavy atom. The Balaban J connectivity index is 4.62. The van der Waals surface area contributed by atoms with Crippen LogP contribution in [0.4, 0.5) is 0 Å². The fraction of sp³-hybridized carbons (Fsp3) is 0.923. The first kappa shape index (κ1) is 31.8. The van der Waals surface area contributed by atoms with Crippen molar-refractivity contribution in [2.75, 3.05) is 40.3 Å². The van der Waals surface area contributed by atoms with E-state index in [1.54, 1.807) is 14.1 Å². The van der Waals surface area contributed by atoms with E-state index in [-0.39, 0.29) is 40.1 Å². The lowest BCUT2D eigenvalue weighted by atomic mass is 9.73. The average molecular weight is 471 g/mol. The largest absolute Gasteiger partial charge is 0.356 e. The fourth-order valence-corrected chi connectivity index (χ4v) is 4.73. The van der Waals surface area contributed by atoms with Gasteiger partial charge in [0.1, 0.15) is 6.61 Å². The van der Waals surface area contributed by atoms with Crippen LogP contribution in [0.1, 0.15) is 88.5 Å². The van der Waals surface area contributed by atoms with Crippen LogP contribution in [0.15, 0.2) is 0 Å². The Morgan fingerprint density at radius 1 is 0.727 bits per heavy atom. The molecule has 2 amide bonds. The van der Waals surface area contributed by atoms with Crippen molar-refractivity contribution in [3.05, 3.63) is 0 Å². The third-order valence-electron chi connectivity index (χ3n) is 5.52. The Kier molecular flexibility index (Phi) is 12.6.